The van der Waals surface area contributed by atoms with Crippen molar-refractivity contribution in [2.24, 2.45) is 5.10 Å². The van der Waals surface area contributed by atoms with E-state index in [-0.39, 0.29) is 11.7 Å². The molecule has 0 saturated carbocycles. The second kappa shape index (κ2) is 12.3. The van der Waals surface area contributed by atoms with Gasteiger partial charge in [0.05, 0.1) is 17.5 Å². The lowest BCUT2D eigenvalue weighted by molar-refractivity contribution is -0.120. The first-order valence-corrected chi connectivity index (χ1v) is 13.5. The fourth-order valence-electron chi connectivity index (χ4n) is 3.52. The molecular formula is C27H26FIN6OS. The number of hydrazone groups is 1. The molecule has 1 aromatic heterocycles. The van der Waals surface area contributed by atoms with Crippen molar-refractivity contribution >= 4 is 51.7 Å². The van der Waals surface area contributed by atoms with E-state index in [4.69, 9.17) is 0 Å². The minimum absolute atomic E-state index is 0.275. The number of nitrogens with one attached hydrogen (secondary N) is 2. The predicted molar refractivity (Wildman–Crippen MR) is 155 cm³/mol. The van der Waals surface area contributed by atoms with E-state index >= 15 is 0 Å². The molecule has 2 N–H and O–H groups in total. The Hall–Kier alpha value is -3.25. The Morgan fingerprint density at radius 1 is 1.11 bits per heavy atom. The van der Waals surface area contributed by atoms with Crippen LogP contribution < -0.4 is 10.7 Å². The summed E-state index contributed by atoms with van der Waals surface area (Å²) in [6.45, 7) is 6.07. The first-order valence-electron chi connectivity index (χ1n) is 11.6. The Kier molecular flexibility index (Phi) is 8.93. The van der Waals surface area contributed by atoms with E-state index in [1.165, 1.54) is 27.5 Å². The van der Waals surface area contributed by atoms with Gasteiger partial charge in [0.15, 0.2) is 11.0 Å². The summed E-state index contributed by atoms with van der Waals surface area (Å²) in [7, 11) is 0. The van der Waals surface area contributed by atoms with Crippen LogP contribution in [0.2, 0.25) is 0 Å². The molecule has 0 fully saturated rings. The molecule has 10 heteroatoms. The number of halogens is 2. The highest BCUT2D eigenvalue weighted by Gasteiger charge is 2.21. The second-order valence-corrected chi connectivity index (χ2v) is 10.9. The largest absolute Gasteiger partial charge is 0.378 e. The molecule has 4 rings (SSSR count). The molecule has 0 unspecified atom stereocenters. The summed E-state index contributed by atoms with van der Waals surface area (Å²) in [6.07, 6.45) is 0. The van der Waals surface area contributed by atoms with Gasteiger partial charge in [-0.1, -0.05) is 42.1 Å². The molecule has 0 aliphatic heterocycles. The van der Waals surface area contributed by atoms with Crippen molar-refractivity contribution in [3.8, 4) is 5.69 Å². The molecule has 3 aromatic carbocycles. The molecule has 1 atom stereocenters. The molecular weight excluding hydrogens is 602 g/mol. The van der Waals surface area contributed by atoms with Crippen molar-refractivity contribution in [3.05, 3.63) is 99.1 Å². The SMILES string of the molecule is CC(=NNC(=O)[C@H](C)Sc1nnc(CNc2ccc(I)cc2C)n1-c1ccccc1)c1ccc(F)cc1. The summed E-state index contributed by atoms with van der Waals surface area (Å²) in [5.74, 6) is 0.129. The quantitative estimate of drug-likeness (QED) is 0.104. The number of para-hydroxylation sites is 1. The Balaban J connectivity index is 1.50. The van der Waals surface area contributed by atoms with Crippen LogP contribution in [0.5, 0.6) is 0 Å². The number of hydrogen-bond donors (Lipinski definition) is 2. The maximum atomic E-state index is 13.2. The molecule has 1 heterocycles. The van der Waals surface area contributed by atoms with E-state index in [1.807, 2.05) is 34.9 Å². The predicted octanol–water partition coefficient (Wildman–Crippen LogP) is 5.95. The number of aryl methyl sites for hydroxylation is 1. The Bertz CT molecular complexity index is 1410. The number of amides is 1. The highest BCUT2D eigenvalue weighted by atomic mass is 127. The van der Waals surface area contributed by atoms with E-state index in [2.05, 4.69) is 73.8 Å². The molecule has 0 spiro atoms. The van der Waals surface area contributed by atoms with E-state index in [1.54, 1.807) is 26.0 Å². The normalized spacial score (nSPS) is 12.3. The number of benzene rings is 3. The molecule has 37 heavy (non-hydrogen) atoms. The monoisotopic (exact) mass is 628 g/mol. The summed E-state index contributed by atoms with van der Waals surface area (Å²) in [4.78, 5) is 12.8. The lowest BCUT2D eigenvalue weighted by Crippen LogP contribution is -2.28. The van der Waals surface area contributed by atoms with Crippen molar-refractivity contribution in [1.29, 1.82) is 0 Å². The fourth-order valence-corrected chi connectivity index (χ4v) is 5.05. The molecule has 0 aliphatic rings. The van der Waals surface area contributed by atoms with Gasteiger partial charge in [-0.3, -0.25) is 9.36 Å². The van der Waals surface area contributed by atoms with Crippen LogP contribution in [0.1, 0.15) is 30.8 Å². The molecule has 0 radical (unpaired) electrons. The summed E-state index contributed by atoms with van der Waals surface area (Å²) in [5.41, 5.74) is 6.99. The number of hydrogen-bond acceptors (Lipinski definition) is 6. The van der Waals surface area contributed by atoms with Crippen molar-refractivity contribution in [1.82, 2.24) is 20.2 Å². The third-order valence-corrected chi connectivity index (χ3v) is 7.30. The fraction of sp³-hybridized carbons (Fsp3) is 0.185. The van der Waals surface area contributed by atoms with Gasteiger partial charge >= 0.3 is 0 Å². The third kappa shape index (κ3) is 6.95. The van der Waals surface area contributed by atoms with Crippen molar-refractivity contribution in [2.45, 2.75) is 37.7 Å². The molecule has 0 saturated heterocycles. The van der Waals surface area contributed by atoms with E-state index in [0.29, 0.717) is 17.4 Å². The maximum Gasteiger partial charge on any atom is 0.253 e. The minimum atomic E-state index is -0.490. The lowest BCUT2D eigenvalue weighted by Gasteiger charge is -2.14. The molecule has 7 nitrogen and oxygen atoms in total. The van der Waals surface area contributed by atoms with Crippen molar-refractivity contribution < 1.29 is 9.18 Å². The van der Waals surface area contributed by atoms with Crippen LogP contribution in [0, 0.1) is 16.3 Å². The smallest absolute Gasteiger partial charge is 0.253 e. The number of aromatic nitrogens is 3. The number of carbonyl (C=O) groups is 1. The van der Waals surface area contributed by atoms with Crippen LogP contribution in [0.25, 0.3) is 5.69 Å². The summed E-state index contributed by atoms with van der Waals surface area (Å²) in [6, 6.07) is 22.0. The van der Waals surface area contributed by atoms with Gasteiger partial charge in [0.25, 0.3) is 5.91 Å². The van der Waals surface area contributed by atoms with Gasteiger partial charge in [-0.2, -0.15) is 5.10 Å². The summed E-state index contributed by atoms with van der Waals surface area (Å²) in [5, 5.41) is 16.6. The first kappa shape index (κ1) is 26.8. The maximum absolute atomic E-state index is 13.2. The van der Waals surface area contributed by atoms with Gasteiger partial charge in [0, 0.05) is 14.9 Å². The Labute approximate surface area is 233 Å². The van der Waals surface area contributed by atoms with E-state index < -0.39 is 5.25 Å². The van der Waals surface area contributed by atoms with E-state index in [9.17, 15) is 9.18 Å². The van der Waals surface area contributed by atoms with Crippen molar-refractivity contribution in [3.63, 3.8) is 0 Å². The highest BCUT2D eigenvalue weighted by molar-refractivity contribution is 14.1. The zero-order chi connectivity index (χ0) is 26.4. The van der Waals surface area contributed by atoms with Gasteiger partial charge in [-0.05, 0) is 97.0 Å². The van der Waals surface area contributed by atoms with E-state index in [0.717, 1.165) is 28.3 Å². The summed E-state index contributed by atoms with van der Waals surface area (Å²) < 4.78 is 16.3. The minimum Gasteiger partial charge on any atom is -0.378 e. The average molecular weight is 629 g/mol. The van der Waals surface area contributed by atoms with Gasteiger partial charge in [0.2, 0.25) is 0 Å². The van der Waals surface area contributed by atoms with Crippen LogP contribution in [-0.4, -0.2) is 31.6 Å². The zero-order valence-electron chi connectivity index (χ0n) is 20.6. The van der Waals surface area contributed by atoms with Gasteiger partial charge < -0.3 is 5.32 Å². The van der Waals surface area contributed by atoms with Crippen LogP contribution in [-0.2, 0) is 11.3 Å². The molecule has 0 bridgehead atoms. The van der Waals surface area contributed by atoms with Gasteiger partial charge in [-0.25, -0.2) is 9.82 Å². The summed E-state index contributed by atoms with van der Waals surface area (Å²) >= 11 is 3.60. The second-order valence-electron chi connectivity index (χ2n) is 8.32. The first-order chi connectivity index (χ1) is 17.8. The van der Waals surface area contributed by atoms with Crippen LogP contribution in [0.15, 0.2) is 83.1 Å². The average Bonchev–Trinajstić information content (AvgIpc) is 3.29. The van der Waals surface area contributed by atoms with Gasteiger partial charge in [-0.15, -0.1) is 10.2 Å². The third-order valence-electron chi connectivity index (χ3n) is 5.59. The number of thioether (sulfide) groups is 1. The number of nitrogens with zero attached hydrogens (tertiary/aromatic N) is 4. The number of rotatable bonds is 9. The Morgan fingerprint density at radius 3 is 2.54 bits per heavy atom. The molecule has 1 amide bonds. The molecule has 190 valence electrons. The van der Waals surface area contributed by atoms with Crippen LogP contribution in [0.4, 0.5) is 10.1 Å². The highest BCUT2D eigenvalue weighted by Crippen LogP contribution is 2.27. The Morgan fingerprint density at radius 2 is 1.84 bits per heavy atom. The molecule has 4 aromatic rings. The molecule has 0 aliphatic carbocycles. The number of carbonyl (C=O) groups excluding carboxylic acids is 1. The topological polar surface area (TPSA) is 84.2 Å². The van der Waals surface area contributed by atoms with Gasteiger partial charge in [0.1, 0.15) is 5.82 Å². The zero-order valence-corrected chi connectivity index (χ0v) is 23.5. The standard InChI is InChI=1S/C27H26FIN6OS/c1-17-15-22(29)13-14-24(17)30-16-25-32-34-27(35(25)23-7-5-4-6-8-23)37-19(3)26(36)33-31-18(2)20-9-11-21(28)12-10-20/h4-15,19,30H,16H2,1-3H3,(H,33,36)/t19-/m0/s1. The van der Waals surface area contributed by atoms with Crippen molar-refractivity contribution in [2.75, 3.05) is 5.32 Å². The van der Waals surface area contributed by atoms with Crippen LogP contribution >= 0.6 is 34.4 Å². The van der Waals surface area contributed by atoms with Crippen LogP contribution in [0.3, 0.4) is 0 Å². The number of anilines is 1. The lowest BCUT2D eigenvalue weighted by atomic mass is 10.1.